The van der Waals surface area contributed by atoms with Crippen LogP contribution in [0, 0.1) is 6.92 Å². The van der Waals surface area contributed by atoms with Gasteiger partial charge in [0.2, 0.25) is 11.7 Å². The summed E-state index contributed by atoms with van der Waals surface area (Å²) in [7, 11) is 0. The molecule has 3 aliphatic heterocycles. The number of benzene rings is 2. The number of hydrogen-bond acceptors (Lipinski definition) is 6. The SMILES string of the molecule is Cc1cc(CN2C(=O)C3(COc4cc5c(cc43)OCCO5)c3ccccc32)oc1C(=O)O. The van der Waals surface area contributed by atoms with Gasteiger partial charge < -0.3 is 28.6 Å². The van der Waals surface area contributed by atoms with E-state index in [-0.39, 0.29) is 24.8 Å². The minimum absolute atomic E-state index is 0.117. The third-order valence-electron chi connectivity index (χ3n) is 6.29. The average molecular weight is 433 g/mol. The molecular formula is C24H19NO7. The number of nitrogens with zero attached hydrogens (tertiary/aromatic N) is 1. The van der Waals surface area contributed by atoms with E-state index >= 15 is 0 Å². The van der Waals surface area contributed by atoms with Crippen molar-refractivity contribution in [2.75, 3.05) is 24.7 Å². The maximum absolute atomic E-state index is 14.0. The number of ether oxygens (including phenoxy) is 3. The number of carboxylic acids is 1. The fourth-order valence-electron chi connectivity index (χ4n) is 4.86. The van der Waals surface area contributed by atoms with Crippen LogP contribution in [0.25, 0.3) is 0 Å². The molecule has 1 unspecified atom stereocenters. The average Bonchev–Trinajstić information content (AvgIpc) is 3.42. The van der Waals surface area contributed by atoms with Crippen LogP contribution in [0.15, 0.2) is 46.9 Å². The number of rotatable bonds is 3. The molecular weight excluding hydrogens is 414 g/mol. The Bertz CT molecular complexity index is 1290. The monoisotopic (exact) mass is 433 g/mol. The van der Waals surface area contributed by atoms with Crippen molar-refractivity contribution in [3.05, 3.63) is 70.7 Å². The number of hydrogen-bond donors (Lipinski definition) is 1. The van der Waals surface area contributed by atoms with Gasteiger partial charge in [0, 0.05) is 22.9 Å². The molecule has 0 bridgehead atoms. The second-order valence-corrected chi connectivity index (χ2v) is 8.12. The molecule has 0 radical (unpaired) electrons. The predicted octanol–water partition coefficient (Wildman–Crippen LogP) is 3.28. The van der Waals surface area contributed by atoms with Crippen LogP contribution < -0.4 is 19.1 Å². The Labute approximate surface area is 182 Å². The molecule has 1 amide bonds. The Morgan fingerprint density at radius 3 is 2.53 bits per heavy atom. The van der Waals surface area contributed by atoms with Gasteiger partial charge in [0.05, 0.1) is 6.54 Å². The van der Waals surface area contributed by atoms with Gasteiger partial charge >= 0.3 is 5.97 Å². The van der Waals surface area contributed by atoms with Gasteiger partial charge in [0.1, 0.15) is 36.7 Å². The first-order valence-corrected chi connectivity index (χ1v) is 10.3. The molecule has 3 aliphatic rings. The Morgan fingerprint density at radius 1 is 1.03 bits per heavy atom. The molecule has 0 aliphatic carbocycles. The smallest absolute Gasteiger partial charge is 0.372 e. The number of fused-ring (bicyclic) bond motifs is 5. The number of carboxylic acid groups (broad SMARTS) is 1. The molecule has 8 heteroatoms. The number of aromatic carboxylic acids is 1. The third-order valence-corrected chi connectivity index (χ3v) is 6.29. The van der Waals surface area contributed by atoms with Crippen LogP contribution in [0.5, 0.6) is 17.2 Å². The van der Waals surface area contributed by atoms with Crippen molar-refractivity contribution in [2.45, 2.75) is 18.9 Å². The number of furan rings is 1. The maximum atomic E-state index is 14.0. The van der Waals surface area contributed by atoms with Gasteiger partial charge in [-0.25, -0.2) is 4.79 Å². The zero-order valence-corrected chi connectivity index (χ0v) is 17.2. The lowest BCUT2D eigenvalue weighted by Gasteiger charge is -2.24. The van der Waals surface area contributed by atoms with E-state index in [4.69, 9.17) is 18.6 Å². The Kier molecular flexibility index (Phi) is 3.83. The van der Waals surface area contributed by atoms with Crippen LogP contribution in [-0.4, -0.2) is 36.8 Å². The minimum atomic E-state index is -1.14. The largest absolute Gasteiger partial charge is 0.491 e. The van der Waals surface area contributed by atoms with E-state index in [1.165, 1.54) is 0 Å². The standard InChI is InChI=1S/C24H19NO7/c1-13-8-14(32-21(13)22(26)27)11-25-17-5-3-2-4-15(17)24(23(25)28)12-31-18-10-20-19(9-16(18)24)29-6-7-30-20/h2-5,8-10H,6-7,11-12H2,1H3,(H,26,27). The van der Waals surface area contributed by atoms with E-state index in [1.54, 1.807) is 24.0 Å². The Balaban J connectivity index is 1.46. The molecule has 4 heterocycles. The maximum Gasteiger partial charge on any atom is 0.372 e. The van der Waals surface area contributed by atoms with E-state index in [9.17, 15) is 14.7 Å². The molecule has 1 aromatic heterocycles. The van der Waals surface area contributed by atoms with Gasteiger partial charge in [-0.3, -0.25) is 4.79 Å². The summed E-state index contributed by atoms with van der Waals surface area (Å²) in [6.07, 6.45) is 0. The van der Waals surface area contributed by atoms with E-state index in [2.05, 4.69) is 0 Å². The quantitative estimate of drug-likeness (QED) is 0.677. The van der Waals surface area contributed by atoms with E-state index < -0.39 is 11.4 Å². The number of carbonyl (C=O) groups excluding carboxylic acids is 1. The number of amides is 1. The Morgan fingerprint density at radius 2 is 1.78 bits per heavy atom. The zero-order valence-electron chi connectivity index (χ0n) is 17.2. The van der Waals surface area contributed by atoms with E-state index in [0.29, 0.717) is 41.8 Å². The van der Waals surface area contributed by atoms with Gasteiger partial charge in [0.15, 0.2) is 11.5 Å². The lowest BCUT2D eigenvalue weighted by molar-refractivity contribution is -0.122. The fraction of sp³-hybridized carbons (Fsp3) is 0.250. The van der Waals surface area contributed by atoms with Crippen molar-refractivity contribution in [1.82, 2.24) is 0 Å². The molecule has 0 saturated heterocycles. The van der Waals surface area contributed by atoms with Crippen LogP contribution in [0.2, 0.25) is 0 Å². The molecule has 162 valence electrons. The van der Waals surface area contributed by atoms with Gasteiger partial charge in [0.25, 0.3) is 0 Å². The second-order valence-electron chi connectivity index (χ2n) is 8.12. The molecule has 0 fully saturated rings. The van der Waals surface area contributed by atoms with Crippen molar-refractivity contribution < 1.29 is 33.3 Å². The molecule has 8 nitrogen and oxygen atoms in total. The minimum Gasteiger partial charge on any atom is -0.491 e. The normalized spacial score (nSPS) is 20.3. The molecule has 6 rings (SSSR count). The van der Waals surface area contributed by atoms with Gasteiger partial charge in [-0.1, -0.05) is 18.2 Å². The van der Waals surface area contributed by atoms with Gasteiger partial charge in [-0.05, 0) is 30.7 Å². The van der Waals surface area contributed by atoms with Crippen molar-refractivity contribution in [2.24, 2.45) is 0 Å². The van der Waals surface area contributed by atoms with Gasteiger partial charge in [-0.2, -0.15) is 0 Å². The highest BCUT2D eigenvalue weighted by atomic mass is 16.6. The molecule has 2 aromatic carbocycles. The van der Waals surface area contributed by atoms with Crippen molar-refractivity contribution in [3.8, 4) is 17.2 Å². The van der Waals surface area contributed by atoms with Crippen LogP contribution in [-0.2, 0) is 16.8 Å². The van der Waals surface area contributed by atoms with Crippen molar-refractivity contribution >= 4 is 17.6 Å². The summed E-state index contributed by atoms with van der Waals surface area (Å²) in [6.45, 7) is 2.86. The Hall–Kier alpha value is -3.94. The summed E-state index contributed by atoms with van der Waals surface area (Å²) in [6, 6.07) is 12.9. The highest BCUT2D eigenvalue weighted by molar-refractivity contribution is 6.11. The number of aryl methyl sites for hydroxylation is 1. The first kappa shape index (κ1) is 18.8. The highest BCUT2D eigenvalue weighted by Crippen LogP contribution is 2.55. The van der Waals surface area contributed by atoms with Crippen molar-refractivity contribution in [1.29, 1.82) is 0 Å². The zero-order chi connectivity index (χ0) is 22.0. The molecule has 32 heavy (non-hydrogen) atoms. The lowest BCUT2D eigenvalue weighted by atomic mass is 9.77. The highest BCUT2D eigenvalue weighted by Gasteiger charge is 2.57. The predicted molar refractivity (Wildman–Crippen MR) is 112 cm³/mol. The van der Waals surface area contributed by atoms with Crippen LogP contribution in [0.1, 0.15) is 33.0 Å². The first-order valence-electron chi connectivity index (χ1n) is 10.3. The van der Waals surface area contributed by atoms with Gasteiger partial charge in [-0.15, -0.1) is 0 Å². The molecule has 3 aromatic rings. The summed E-state index contributed by atoms with van der Waals surface area (Å²) in [5.41, 5.74) is 1.82. The topological polar surface area (TPSA) is 98.4 Å². The van der Waals surface area contributed by atoms with E-state index in [1.807, 2.05) is 30.3 Å². The second kappa shape index (κ2) is 6.53. The third kappa shape index (κ3) is 2.43. The molecule has 1 spiro atoms. The lowest BCUT2D eigenvalue weighted by Crippen LogP contribution is -2.42. The van der Waals surface area contributed by atoms with Crippen LogP contribution >= 0.6 is 0 Å². The molecule has 1 N–H and O–H groups in total. The number of anilines is 1. The van der Waals surface area contributed by atoms with E-state index in [0.717, 1.165) is 16.8 Å². The molecule has 0 saturated carbocycles. The first-order chi connectivity index (χ1) is 15.5. The summed E-state index contributed by atoms with van der Waals surface area (Å²) in [4.78, 5) is 27.0. The molecule has 1 atom stereocenters. The summed E-state index contributed by atoms with van der Waals surface area (Å²) in [5, 5.41) is 9.31. The number of carbonyl (C=O) groups is 2. The van der Waals surface area contributed by atoms with Crippen LogP contribution in [0.3, 0.4) is 0 Å². The summed E-state index contributed by atoms with van der Waals surface area (Å²) < 4.78 is 23.0. The summed E-state index contributed by atoms with van der Waals surface area (Å²) in [5.74, 6) is 0.797. The van der Waals surface area contributed by atoms with Crippen LogP contribution in [0.4, 0.5) is 5.69 Å². The number of para-hydroxylation sites is 1. The fourth-order valence-corrected chi connectivity index (χ4v) is 4.86. The van der Waals surface area contributed by atoms with Crippen molar-refractivity contribution in [3.63, 3.8) is 0 Å². The summed E-state index contributed by atoms with van der Waals surface area (Å²) >= 11 is 0.